The van der Waals surface area contributed by atoms with Crippen LogP contribution in [0.15, 0.2) is 168 Å². The van der Waals surface area contributed by atoms with Gasteiger partial charge in [-0.1, -0.05) is 146 Å². The van der Waals surface area contributed by atoms with Crippen molar-refractivity contribution in [3.05, 3.63) is 181 Å². The molecular weight excluding hydrogens is 609 g/mol. The van der Waals surface area contributed by atoms with Crippen LogP contribution in [0, 0.1) is 0 Å². The summed E-state index contributed by atoms with van der Waals surface area (Å²) in [5, 5.41) is 8.70. The number of rotatable bonds is 3. The van der Waals surface area contributed by atoms with E-state index < -0.39 is 0 Å². The van der Waals surface area contributed by atoms with Gasteiger partial charge in [0, 0.05) is 16.5 Å². The zero-order valence-corrected chi connectivity index (χ0v) is 27.1. The van der Waals surface area contributed by atoms with Crippen LogP contribution in [0.1, 0.15) is 28.9 Å². The van der Waals surface area contributed by atoms with Gasteiger partial charge in [0.15, 0.2) is 11.9 Å². The molecule has 0 radical (unpaired) electrons. The van der Waals surface area contributed by atoms with Crippen LogP contribution >= 0.6 is 0 Å². The Labute approximate surface area is 289 Å². The van der Waals surface area contributed by atoms with Gasteiger partial charge in [-0.15, -0.1) is 0 Å². The molecular formula is C48H30O2. The van der Waals surface area contributed by atoms with Crippen molar-refractivity contribution in [3.8, 4) is 39.1 Å². The smallest absolute Gasteiger partial charge is 0.167 e. The Morgan fingerprint density at radius 2 is 1.08 bits per heavy atom. The second-order valence-corrected chi connectivity index (χ2v) is 13.5. The summed E-state index contributed by atoms with van der Waals surface area (Å²) in [6, 6.07) is 57.1. The Morgan fingerprint density at radius 3 is 1.88 bits per heavy atom. The van der Waals surface area contributed by atoms with Crippen LogP contribution in [0.3, 0.4) is 0 Å². The molecule has 1 aliphatic heterocycles. The standard InChI is InChI=1S/C48H30O2/c1-2-15-33-29(11-1)12-10-21-35(33)46-38-19-5-3-17-36(38)45(37-18-4-6-20-39(37)46)32-14-9-13-30(27-32)31-23-26-44-42(28-31)41-25-24-40-34-16-7-8-22-43(34)49-47(40)48(41)50-44/h1-28,41,48H. The predicted octanol–water partition coefficient (Wildman–Crippen LogP) is 13.1. The van der Waals surface area contributed by atoms with Crippen molar-refractivity contribution in [1.29, 1.82) is 0 Å². The fourth-order valence-electron chi connectivity index (χ4n) is 8.58. The van der Waals surface area contributed by atoms with E-state index in [9.17, 15) is 0 Å². The van der Waals surface area contributed by atoms with E-state index in [4.69, 9.17) is 9.15 Å². The lowest BCUT2D eigenvalue weighted by Gasteiger charge is -2.19. The highest BCUT2D eigenvalue weighted by molar-refractivity contribution is 6.23. The lowest BCUT2D eigenvalue weighted by Crippen LogP contribution is -2.11. The maximum absolute atomic E-state index is 6.58. The molecule has 2 heteroatoms. The van der Waals surface area contributed by atoms with E-state index in [1.54, 1.807) is 0 Å². The second kappa shape index (κ2) is 10.6. The first-order valence-corrected chi connectivity index (χ1v) is 17.3. The number of benzene rings is 8. The first-order valence-electron chi connectivity index (χ1n) is 17.3. The zero-order valence-electron chi connectivity index (χ0n) is 27.1. The highest BCUT2D eigenvalue weighted by atomic mass is 16.5. The maximum Gasteiger partial charge on any atom is 0.167 e. The maximum atomic E-state index is 6.58. The van der Waals surface area contributed by atoms with E-state index in [0.717, 1.165) is 28.0 Å². The zero-order chi connectivity index (χ0) is 32.8. The Balaban J connectivity index is 1.06. The van der Waals surface area contributed by atoms with Crippen molar-refractivity contribution < 1.29 is 9.15 Å². The number of hydrogen-bond donors (Lipinski definition) is 0. The minimum atomic E-state index is -0.156. The average molecular weight is 639 g/mol. The van der Waals surface area contributed by atoms with Crippen LogP contribution in [0.4, 0.5) is 0 Å². The van der Waals surface area contributed by atoms with Crippen LogP contribution < -0.4 is 4.74 Å². The monoisotopic (exact) mass is 638 g/mol. The normalized spacial score (nSPS) is 16.1. The summed E-state index contributed by atoms with van der Waals surface area (Å²) in [4.78, 5) is 0. The van der Waals surface area contributed by atoms with Crippen LogP contribution in [-0.2, 0) is 0 Å². The first-order chi connectivity index (χ1) is 24.8. The predicted molar refractivity (Wildman–Crippen MR) is 207 cm³/mol. The number of hydrogen-bond acceptors (Lipinski definition) is 2. The van der Waals surface area contributed by atoms with Crippen molar-refractivity contribution in [3.63, 3.8) is 0 Å². The number of furan rings is 1. The third-order valence-electron chi connectivity index (χ3n) is 10.8. The number of fused-ring (bicyclic) bond motifs is 10. The van der Waals surface area contributed by atoms with E-state index in [2.05, 4.69) is 158 Å². The molecule has 0 saturated carbocycles. The van der Waals surface area contributed by atoms with Crippen molar-refractivity contribution in [2.75, 3.05) is 0 Å². The molecule has 1 aliphatic carbocycles. The molecule has 234 valence electrons. The van der Waals surface area contributed by atoms with Gasteiger partial charge in [0.05, 0.1) is 5.92 Å². The van der Waals surface area contributed by atoms with Crippen LogP contribution in [0.25, 0.3) is 82.7 Å². The van der Waals surface area contributed by atoms with Gasteiger partial charge in [-0.2, -0.15) is 0 Å². The van der Waals surface area contributed by atoms with E-state index in [0.29, 0.717) is 0 Å². The molecule has 2 atom stereocenters. The van der Waals surface area contributed by atoms with Crippen LogP contribution in [0.5, 0.6) is 5.75 Å². The van der Waals surface area contributed by atoms with Gasteiger partial charge in [-0.3, -0.25) is 0 Å². The van der Waals surface area contributed by atoms with Gasteiger partial charge in [0.1, 0.15) is 11.3 Å². The third kappa shape index (κ3) is 3.96. The summed E-state index contributed by atoms with van der Waals surface area (Å²) in [5.41, 5.74) is 10.6. The molecule has 0 saturated heterocycles. The molecule has 0 N–H and O–H groups in total. The van der Waals surface area contributed by atoms with Gasteiger partial charge >= 0.3 is 0 Å². The molecule has 50 heavy (non-hydrogen) atoms. The van der Waals surface area contributed by atoms with Gasteiger partial charge in [-0.05, 0) is 90.0 Å². The molecule has 9 aromatic rings. The molecule has 11 rings (SSSR count). The van der Waals surface area contributed by atoms with E-state index in [-0.39, 0.29) is 12.0 Å². The molecule has 0 bridgehead atoms. The molecule has 2 nitrogen and oxygen atoms in total. The Kier molecular flexibility index (Phi) is 5.82. The van der Waals surface area contributed by atoms with Crippen molar-refractivity contribution in [2.45, 2.75) is 12.0 Å². The van der Waals surface area contributed by atoms with E-state index in [1.165, 1.54) is 71.3 Å². The van der Waals surface area contributed by atoms with Crippen molar-refractivity contribution in [2.24, 2.45) is 0 Å². The minimum absolute atomic E-state index is 0.107. The Hall–Kier alpha value is -6.38. The summed E-state index contributed by atoms with van der Waals surface area (Å²) in [6.07, 6.45) is 4.35. The lowest BCUT2D eigenvalue weighted by atomic mass is 9.84. The number of para-hydroxylation sites is 1. The number of ether oxygens (including phenoxy) is 1. The second-order valence-electron chi connectivity index (χ2n) is 13.5. The third-order valence-corrected chi connectivity index (χ3v) is 10.8. The topological polar surface area (TPSA) is 22.4 Å². The van der Waals surface area contributed by atoms with Crippen LogP contribution in [-0.4, -0.2) is 0 Å². The minimum Gasteiger partial charge on any atom is -0.481 e. The molecule has 2 heterocycles. The Bertz CT molecular complexity index is 2810. The quantitative estimate of drug-likeness (QED) is 0.180. The van der Waals surface area contributed by atoms with Gasteiger partial charge in [0.25, 0.3) is 0 Å². The molecule has 0 spiro atoms. The van der Waals surface area contributed by atoms with E-state index in [1.807, 2.05) is 12.1 Å². The highest BCUT2D eigenvalue weighted by Gasteiger charge is 2.40. The molecule has 1 aromatic heterocycles. The summed E-state index contributed by atoms with van der Waals surface area (Å²) >= 11 is 0. The van der Waals surface area contributed by atoms with Crippen molar-refractivity contribution in [1.82, 2.24) is 0 Å². The fraction of sp³-hybridized carbons (Fsp3) is 0.0417. The average Bonchev–Trinajstić information content (AvgIpc) is 3.75. The molecule has 0 fully saturated rings. The first kappa shape index (κ1) is 27.6. The molecule has 2 aliphatic rings. The van der Waals surface area contributed by atoms with Gasteiger partial charge in [0.2, 0.25) is 0 Å². The summed E-state index contributed by atoms with van der Waals surface area (Å²) < 4.78 is 12.9. The summed E-state index contributed by atoms with van der Waals surface area (Å²) in [5.74, 6) is 1.96. The van der Waals surface area contributed by atoms with E-state index >= 15 is 0 Å². The Morgan fingerprint density at radius 1 is 0.460 bits per heavy atom. The fourth-order valence-corrected chi connectivity index (χ4v) is 8.58. The highest BCUT2D eigenvalue weighted by Crippen LogP contribution is 2.53. The van der Waals surface area contributed by atoms with Gasteiger partial charge in [-0.25, -0.2) is 0 Å². The SMILES string of the molecule is C1=CC2c3cc(-c4cccc(-c5c6ccccc6c(-c6cccc7ccccc67)c6ccccc56)c4)ccc3OC2c2oc3ccccc3c21. The largest absolute Gasteiger partial charge is 0.481 e. The van der Waals surface area contributed by atoms with Gasteiger partial charge < -0.3 is 9.15 Å². The molecule has 0 amide bonds. The molecule has 2 unspecified atom stereocenters. The lowest BCUT2D eigenvalue weighted by molar-refractivity contribution is 0.193. The molecule has 8 aromatic carbocycles. The summed E-state index contributed by atoms with van der Waals surface area (Å²) in [7, 11) is 0. The van der Waals surface area contributed by atoms with Crippen LogP contribution in [0.2, 0.25) is 0 Å². The summed E-state index contributed by atoms with van der Waals surface area (Å²) in [6.45, 7) is 0. The van der Waals surface area contributed by atoms with Crippen molar-refractivity contribution >= 4 is 49.4 Å².